The molecule has 2 aromatic rings. The maximum absolute atomic E-state index is 5.93. The highest BCUT2D eigenvalue weighted by Crippen LogP contribution is 2.24. The summed E-state index contributed by atoms with van der Waals surface area (Å²) in [4.78, 5) is 4.29. The molecule has 0 radical (unpaired) electrons. The molecule has 0 aliphatic carbocycles. The Balaban J connectivity index is 2.18. The van der Waals surface area contributed by atoms with Crippen LogP contribution in [0.5, 0.6) is 0 Å². The first-order valence-corrected chi connectivity index (χ1v) is 6.48. The third kappa shape index (κ3) is 4.22. The minimum absolute atomic E-state index is 0.234. The van der Waals surface area contributed by atoms with Gasteiger partial charge in [-0.15, -0.1) is 5.10 Å². The molecule has 0 aliphatic heterocycles. The summed E-state index contributed by atoms with van der Waals surface area (Å²) in [6.45, 7) is 4.00. The van der Waals surface area contributed by atoms with Crippen molar-refractivity contribution in [1.82, 2.24) is 15.2 Å². The Hall–Kier alpha value is -1.59. The number of benzene rings is 1. The zero-order chi connectivity index (χ0) is 13.8. The van der Waals surface area contributed by atoms with Crippen molar-refractivity contribution in [3.05, 3.63) is 34.4 Å². The van der Waals surface area contributed by atoms with Gasteiger partial charge >= 0.3 is 0 Å². The van der Waals surface area contributed by atoms with E-state index in [2.05, 4.69) is 25.8 Å². The van der Waals surface area contributed by atoms with Crippen LogP contribution in [0.1, 0.15) is 13.8 Å². The monoisotopic (exact) mass is 297 g/mol. The number of anilines is 3. The number of nitrogens with one attached hydrogen (secondary N) is 2. The van der Waals surface area contributed by atoms with Crippen molar-refractivity contribution in [1.29, 1.82) is 0 Å². The van der Waals surface area contributed by atoms with Crippen molar-refractivity contribution in [3.63, 3.8) is 0 Å². The van der Waals surface area contributed by atoms with Crippen molar-refractivity contribution in [2.24, 2.45) is 0 Å². The SMILES string of the molecule is CC(C)Nc1nncc(Nc2cc(Cl)cc(Cl)c2)n1. The Morgan fingerprint density at radius 3 is 2.42 bits per heavy atom. The molecule has 1 aromatic carbocycles. The second-order valence-corrected chi connectivity index (χ2v) is 5.12. The van der Waals surface area contributed by atoms with Crippen LogP contribution in [-0.2, 0) is 0 Å². The molecule has 2 rings (SSSR count). The van der Waals surface area contributed by atoms with Crippen molar-refractivity contribution in [2.75, 3.05) is 10.6 Å². The van der Waals surface area contributed by atoms with E-state index in [1.807, 2.05) is 13.8 Å². The van der Waals surface area contributed by atoms with Crippen molar-refractivity contribution >= 4 is 40.7 Å². The van der Waals surface area contributed by atoms with Gasteiger partial charge in [0.2, 0.25) is 5.95 Å². The lowest BCUT2D eigenvalue weighted by Crippen LogP contribution is -2.13. The lowest BCUT2D eigenvalue weighted by atomic mass is 10.3. The Labute approximate surface area is 121 Å². The van der Waals surface area contributed by atoms with Crippen molar-refractivity contribution in [3.8, 4) is 0 Å². The van der Waals surface area contributed by atoms with Gasteiger partial charge in [-0.25, -0.2) is 0 Å². The number of rotatable bonds is 4. The molecule has 2 N–H and O–H groups in total. The van der Waals surface area contributed by atoms with Crippen molar-refractivity contribution in [2.45, 2.75) is 19.9 Å². The molecular weight excluding hydrogens is 285 g/mol. The first-order valence-electron chi connectivity index (χ1n) is 5.72. The van der Waals surface area contributed by atoms with Crippen molar-refractivity contribution < 1.29 is 0 Å². The van der Waals surface area contributed by atoms with Crippen LogP contribution < -0.4 is 10.6 Å². The number of halogens is 2. The van der Waals surface area contributed by atoms with Crippen LogP contribution in [0.2, 0.25) is 10.0 Å². The molecule has 0 fully saturated rings. The van der Waals surface area contributed by atoms with E-state index >= 15 is 0 Å². The molecule has 5 nitrogen and oxygen atoms in total. The molecule has 0 atom stereocenters. The van der Waals surface area contributed by atoms with E-state index in [1.165, 1.54) is 6.20 Å². The third-order valence-electron chi connectivity index (χ3n) is 2.11. The Kier molecular flexibility index (Phi) is 4.39. The summed E-state index contributed by atoms with van der Waals surface area (Å²) >= 11 is 11.9. The van der Waals surface area contributed by atoms with Crippen LogP contribution in [-0.4, -0.2) is 21.2 Å². The predicted molar refractivity (Wildman–Crippen MR) is 78.3 cm³/mol. The zero-order valence-corrected chi connectivity index (χ0v) is 12.0. The average Bonchev–Trinajstić information content (AvgIpc) is 2.26. The second-order valence-electron chi connectivity index (χ2n) is 4.25. The molecule has 0 spiro atoms. The fourth-order valence-corrected chi connectivity index (χ4v) is 1.98. The summed E-state index contributed by atoms with van der Waals surface area (Å²) < 4.78 is 0. The number of hydrogen-bond acceptors (Lipinski definition) is 5. The van der Waals surface area contributed by atoms with Crippen LogP contribution in [0, 0.1) is 0 Å². The van der Waals surface area contributed by atoms with Gasteiger partial charge in [0.1, 0.15) is 0 Å². The molecule has 19 heavy (non-hydrogen) atoms. The minimum atomic E-state index is 0.234. The summed E-state index contributed by atoms with van der Waals surface area (Å²) in [5, 5.41) is 15.0. The smallest absolute Gasteiger partial charge is 0.244 e. The van der Waals surface area contributed by atoms with E-state index in [0.717, 1.165) is 5.69 Å². The second kappa shape index (κ2) is 6.04. The highest BCUT2D eigenvalue weighted by Gasteiger charge is 2.04. The summed E-state index contributed by atoms with van der Waals surface area (Å²) in [6, 6.07) is 5.41. The van der Waals surface area contributed by atoms with Crippen LogP contribution in [0.15, 0.2) is 24.4 Å². The van der Waals surface area contributed by atoms with Gasteiger partial charge in [-0.05, 0) is 32.0 Å². The zero-order valence-electron chi connectivity index (χ0n) is 10.5. The highest BCUT2D eigenvalue weighted by atomic mass is 35.5. The fourth-order valence-electron chi connectivity index (χ4n) is 1.46. The maximum Gasteiger partial charge on any atom is 0.244 e. The topological polar surface area (TPSA) is 62.7 Å². The Bertz CT molecular complexity index is 554. The van der Waals surface area contributed by atoms with Crippen LogP contribution in [0.25, 0.3) is 0 Å². The van der Waals surface area contributed by atoms with Gasteiger partial charge in [0, 0.05) is 21.8 Å². The van der Waals surface area contributed by atoms with Gasteiger partial charge in [-0.2, -0.15) is 10.1 Å². The maximum atomic E-state index is 5.93. The molecule has 7 heteroatoms. The molecule has 0 bridgehead atoms. The molecular formula is C12H13Cl2N5. The van der Waals surface area contributed by atoms with Crippen LogP contribution in [0.4, 0.5) is 17.5 Å². The first-order chi connectivity index (χ1) is 9.02. The largest absolute Gasteiger partial charge is 0.351 e. The third-order valence-corrected chi connectivity index (χ3v) is 2.55. The van der Waals surface area contributed by atoms with E-state index in [4.69, 9.17) is 23.2 Å². The molecule has 1 aromatic heterocycles. The van der Waals surface area contributed by atoms with E-state index in [-0.39, 0.29) is 6.04 Å². The number of aromatic nitrogens is 3. The Morgan fingerprint density at radius 2 is 1.79 bits per heavy atom. The summed E-state index contributed by atoms with van der Waals surface area (Å²) in [6.07, 6.45) is 1.53. The number of nitrogens with zero attached hydrogens (tertiary/aromatic N) is 3. The average molecular weight is 298 g/mol. The predicted octanol–water partition coefficient (Wildman–Crippen LogP) is 3.74. The lowest BCUT2D eigenvalue weighted by molar-refractivity contribution is 0.852. The van der Waals surface area contributed by atoms with E-state index in [0.29, 0.717) is 21.8 Å². The van der Waals surface area contributed by atoms with Gasteiger partial charge < -0.3 is 10.6 Å². The minimum Gasteiger partial charge on any atom is -0.351 e. The standard InChI is InChI=1S/C12H13Cl2N5/c1-7(2)16-12-18-11(6-15-19-12)17-10-4-8(13)3-9(14)5-10/h3-7H,1-2H3,(H2,16,17,18,19). The van der Waals surface area contributed by atoms with E-state index in [1.54, 1.807) is 18.2 Å². The van der Waals surface area contributed by atoms with Crippen LogP contribution in [0.3, 0.4) is 0 Å². The fraction of sp³-hybridized carbons (Fsp3) is 0.250. The molecule has 0 unspecified atom stereocenters. The molecule has 0 aliphatic rings. The van der Waals surface area contributed by atoms with E-state index in [9.17, 15) is 0 Å². The van der Waals surface area contributed by atoms with Gasteiger partial charge in [0.05, 0.1) is 6.20 Å². The molecule has 100 valence electrons. The summed E-state index contributed by atoms with van der Waals surface area (Å²) in [5.41, 5.74) is 0.744. The summed E-state index contributed by atoms with van der Waals surface area (Å²) in [7, 11) is 0. The molecule has 0 amide bonds. The highest BCUT2D eigenvalue weighted by molar-refractivity contribution is 6.35. The first kappa shape index (κ1) is 13.8. The molecule has 0 saturated carbocycles. The van der Waals surface area contributed by atoms with Gasteiger partial charge in [0.25, 0.3) is 0 Å². The molecule has 0 saturated heterocycles. The Morgan fingerprint density at radius 1 is 1.11 bits per heavy atom. The van der Waals surface area contributed by atoms with Gasteiger partial charge in [-0.3, -0.25) is 0 Å². The summed E-state index contributed by atoms with van der Waals surface area (Å²) in [5.74, 6) is 1.03. The van der Waals surface area contributed by atoms with Crippen LogP contribution >= 0.6 is 23.2 Å². The quantitative estimate of drug-likeness (QED) is 0.900. The van der Waals surface area contributed by atoms with E-state index < -0.39 is 0 Å². The normalized spacial score (nSPS) is 10.6. The molecule has 1 heterocycles. The van der Waals surface area contributed by atoms with Gasteiger partial charge in [-0.1, -0.05) is 23.2 Å². The van der Waals surface area contributed by atoms with Gasteiger partial charge in [0.15, 0.2) is 5.82 Å². The lowest BCUT2D eigenvalue weighted by Gasteiger charge is -2.09. The number of hydrogen-bond donors (Lipinski definition) is 2.